The molecule has 0 saturated heterocycles. The molecule has 7 heteroatoms. The summed E-state index contributed by atoms with van der Waals surface area (Å²) in [6.45, 7) is 0. The first-order valence-electron chi connectivity index (χ1n) is 8.45. The number of fused-ring (bicyclic) bond motifs is 1. The molecule has 4 heterocycles. The molecule has 2 aromatic heterocycles. The minimum absolute atomic E-state index is 0.0632. The van der Waals surface area contributed by atoms with E-state index in [1.54, 1.807) is 25.3 Å². The molecule has 0 unspecified atom stereocenters. The maximum Gasteiger partial charge on any atom is 0.215 e. The van der Waals surface area contributed by atoms with Crippen molar-refractivity contribution >= 4 is 11.8 Å². The molecule has 2 aromatic carbocycles. The number of hydrogen-bond acceptors (Lipinski definition) is 5. The molecule has 0 N–H and O–H groups in total. The smallest absolute Gasteiger partial charge is 0.215 e. The third kappa shape index (κ3) is 1.63. The minimum Gasteiger partial charge on any atom is -0.223 e. The molecule has 3 aliphatic rings. The molecule has 7 rings (SSSR count). The Morgan fingerprint density at radius 1 is 0.731 bits per heavy atom. The van der Waals surface area contributed by atoms with Gasteiger partial charge in [0.1, 0.15) is 25.3 Å². The van der Waals surface area contributed by atoms with Gasteiger partial charge in [0.05, 0.1) is 11.2 Å². The van der Waals surface area contributed by atoms with Gasteiger partial charge in [-0.1, -0.05) is 60.3 Å². The highest BCUT2D eigenvalue weighted by molar-refractivity contribution is 8.00. The zero-order valence-corrected chi connectivity index (χ0v) is 14.5. The van der Waals surface area contributed by atoms with E-state index in [1.807, 2.05) is 21.1 Å². The van der Waals surface area contributed by atoms with Crippen LogP contribution < -0.4 is 0 Å². The van der Waals surface area contributed by atoms with Crippen molar-refractivity contribution in [3.63, 3.8) is 0 Å². The van der Waals surface area contributed by atoms with Gasteiger partial charge in [0, 0.05) is 0 Å². The van der Waals surface area contributed by atoms with Crippen LogP contribution in [0, 0.1) is 0 Å². The van der Waals surface area contributed by atoms with Crippen molar-refractivity contribution in [3.8, 4) is 0 Å². The molecule has 6 nitrogen and oxygen atoms in total. The predicted octanol–water partition coefficient (Wildman–Crippen LogP) is 3.01. The van der Waals surface area contributed by atoms with Crippen LogP contribution >= 0.6 is 11.8 Å². The second-order valence-corrected chi connectivity index (χ2v) is 7.84. The number of thioether (sulfide) groups is 1. The van der Waals surface area contributed by atoms with Gasteiger partial charge in [-0.15, -0.1) is 0 Å². The highest BCUT2D eigenvalue weighted by atomic mass is 32.2. The van der Waals surface area contributed by atoms with Crippen molar-refractivity contribution in [1.29, 1.82) is 0 Å². The molecule has 0 saturated carbocycles. The minimum atomic E-state index is -0.569. The summed E-state index contributed by atoms with van der Waals surface area (Å²) in [4.78, 5) is 7.88. The quantitative estimate of drug-likeness (QED) is 0.551. The zero-order chi connectivity index (χ0) is 17.1. The molecule has 2 bridgehead atoms. The molecule has 0 amide bonds. The van der Waals surface area contributed by atoms with Crippen LogP contribution in [0.3, 0.4) is 0 Å². The highest BCUT2D eigenvalue weighted by Crippen LogP contribution is 2.65. The lowest BCUT2D eigenvalue weighted by molar-refractivity contribution is 0.264. The van der Waals surface area contributed by atoms with Gasteiger partial charge >= 0.3 is 0 Å². The van der Waals surface area contributed by atoms with Crippen LogP contribution in [0.15, 0.2) is 73.8 Å². The number of aromatic nitrogens is 6. The van der Waals surface area contributed by atoms with E-state index in [9.17, 15) is 0 Å². The van der Waals surface area contributed by atoms with Gasteiger partial charge in [0.2, 0.25) is 4.99 Å². The topological polar surface area (TPSA) is 61.4 Å². The summed E-state index contributed by atoms with van der Waals surface area (Å²) >= 11 is 1.85. The maximum absolute atomic E-state index is 4.53. The molecule has 0 atom stereocenters. The van der Waals surface area contributed by atoms with Crippen molar-refractivity contribution in [2.45, 2.75) is 16.2 Å². The van der Waals surface area contributed by atoms with E-state index in [2.05, 4.69) is 68.7 Å². The monoisotopic (exact) mass is 358 g/mol. The van der Waals surface area contributed by atoms with Gasteiger partial charge in [-0.2, -0.15) is 10.2 Å². The summed E-state index contributed by atoms with van der Waals surface area (Å²) in [5.41, 5.74) is 5.39. The van der Waals surface area contributed by atoms with Gasteiger partial charge in [-0.3, -0.25) is 0 Å². The Bertz CT molecular complexity index is 1010. The van der Waals surface area contributed by atoms with Gasteiger partial charge in [-0.05, 0) is 22.3 Å². The Kier molecular flexibility index (Phi) is 2.77. The first-order valence-corrected chi connectivity index (χ1v) is 9.33. The third-order valence-corrected chi connectivity index (χ3v) is 7.04. The van der Waals surface area contributed by atoms with Gasteiger partial charge in [0.15, 0.2) is 0 Å². The van der Waals surface area contributed by atoms with Crippen LogP contribution in [0.1, 0.15) is 33.4 Å². The van der Waals surface area contributed by atoms with Crippen molar-refractivity contribution < 1.29 is 0 Å². The van der Waals surface area contributed by atoms with Crippen LogP contribution in [-0.4, -0.2) is 29.5 Å². The normalized spacial score (nSPS) is 22.0. The number of hydrogen-bond donors (Lipinski definition) is 0. The number of benzene rings is 2. The Morgan fingerprint density at radius 2 is 1.23 bits per heavy atom. The van der Waals surface area contributed by atoms with Crippen LogP contribution in [-0.2, 0) is 4.99 Å². The van der Waals surface area contributed by atoms with Crippen molar-refractivity contribution in [1.82, 2.24) is 29.5 Å². The van der Waals surface area contributed by atoms with Crippen molar-refractivity contribution in [2.75, 3.05) is 0 Å². The van der Waals surface area contributed by atoms with Crippen LogP contribution in [0.25, 0.3) is 0 Å². The summed E-state index contributed by atoms with van der Waals surface area (Å²) < 4.78 is 3.85. The standard InChI is InChI=1S/C19H14N6S/c1-3-7-15-13(5-1)17-14-6-2-4-8-16(14)18(15)26-19(17,24-11-20-9-22-24)25-12-21-10-23-25/h1-12,17-18H. The molecular weight excluding hydrogens is 344 g/mol. The Morgan fingerprint density at radius 3 is 1.69 bits per heavy atom. The zero-order valence-electron chi connectivity index (χ0n) is 13.7. The van der Waals surface area contributed by atoms with E-state index in [0.717, 1.165) is 0 Å². The average molecular weight is 358 g/mol. The average Bonchev–Trinajstić information content (AvgIpc) is 3.42. The van der Waals surface area contributed by atoms with Crippen LogP contribution in [0.2, 0.25) is 0 Å². The van der Waals surface area contributed by atoms with E-state index >= 15 is 0 Å². The molecule has 26 heavy (non-hydrogen) atoms. The fourth-order valence-corrected chi connectivity index (χ4v) is 6.18. The number of nitrogens with zero attached hydrogens (tertiary/aromatic N) is 6. The fraction of sp³-hybridized carbons (Fsp3) is 0.158. The predicted molar refractivity (Wildman–Crippen MR) is 97.6 cm³/mol. The maximum atomic E-state index is 4.53. The largest absolute Gasteiger partial charge is 0.223 e. The molecule has 126 valence electrons. The molecule has 2 aliphatic heterocycles. The van der Waals surface area contributed by atoms with Crippen molar-refractivity contribution in [3.05, 3.63) is 96.1 Å². The fourth-order valence-electron chi connectivity index (χ4n) is 4.36. The lowest BCUT2D eigenvalue weighted by atomic mass is 9.75. The second-order valence-electron chi connectivity index (χ2n) is 6.53. The van der Waals surface area contributed by atoms with E-state index in [-0.39, 0.29) is 11.2 Å². The van der Waals surface area contributed by atoms with Crippen LogP contribution in [0.4, 0.5) is 0 Å². The molecule has 0 spiro atoms. The van der Waals surface area contributed by atoms with Gasteiger partial charge in [-0.25, -0.2) is 19.3 Å². The summed E-state index contributed by atoms with van der Waals surface area (Å²) in [6.07, 6.45) is 6.72. The molecule has 0 radical (unpaired) electrons. The summed E-state index contributed by atoms with van der Waals surface area (Å²) in [7, 11) is 0. The Balaban J connectivity index is 1.73. The Hall–Kier alpha value is -2.93. The van der Waals surface area contributed by atoms with E-state index in [0.29, 0.717) is 0 Å². The second kappa shape index (κ2) is 5.04. The third-order valence-electron chi connectivity index (χ3n) is 5.34. The molecule has 4 aromatic rings. The molecule has 0 fully saturated rings. The first-order chi connectivity index (χ1) is 12.9. The van der Waals surface area contributed by atoms with E-state index in [4.69, 9.17) is 0 Å². The molecule has 1 aliphatic carbocycles. The lowest BCUT2D eigenvalue weighted by Crippen LogP contribution is -2.50. The summed E-state index contributed by atoms with van der Waals surface area (Å²) in [5, 5.41) is 9.27. The van der Waals surface area contributed by atoms with Crippen molar-refractivity contribution in [2.24, 2.45) is 0 Å². The Labute approximate surface area is 153 Å². The van der Waals surface area contributed by atoms with Gasteiger partial charge in [0.25, 0.3) is 0 Å². The van der Waals surface area contributed by atoms with E-state index in [1.165, 1.54) is 22.3 Å². The molecular formula is C19H14N6S. The van der Waals surface area contributed by atoms with Crippen LogP contribution in [0.5, 0.6) is 0 Å². The SMILES string of the molecule is c1ccc2c(c1)C1SC(n3cncn3)(n3cncn3)C2c2ccccc21. The first kappa shape index (κ1) is 14.3. The number of rotatable bonds is 2. The summed E-state index contributed by atoms with van der Waals surface area (Å²) in [5.74, 6) is 0.0632. The highest BCUT2D eigenvalue weighted by Gasteiger charge is 2.57. The van der Waals surface area contributed by atoms with E-state index < -0.39 is 4.99 Å². The lowest BCUT2D eigenvalue weighted by Gasteiger charge is -2.51. The summed E-state index contributed by atoms with van der Waals surface area (Å²) in [6, 6.07) is 17.4. The van der Waals surface area contributed by atoms with Gasteiger partial charge < -0.3 is 0 Å².